The minimum Gasteiger partial charge on any atom is -0.324 e. The van der Waals surface area contributed by atoms with Gasteiger partial charge >= 0.3 is 0 Å². The summed E-state index contributed by atoms with van der Waals surface area (Å²) in [5, 5.41) is 2.64. The molecule has 3 rings (SSSR count). The van der Waals surface area contributed by atoms with Gasteiger partial charge in [0.2, 0.25) is 5.95 Å². The Morgan fingerprint density at radius 1 is 1.22 bits per heavy atom. The first kappa shape index (κ1) is 10.4. The van der Waals surface area contributed by atoms with Crippen molar-refractivity contribution in [1.82, 2.24) is 19.9 Å². The van der Waals surface area contributed by atoms with Crippen LogP contribution in [0.2, 0.25) is 0 Å². The number of anilines is 1. The quantitative estimate of drug-likeness (QED) is 0.711. The second-order valence-electron chi connectivity index (χ2n) is 3.65. The molecule has 6 heteroatoms. The molecule has 0 atom stereocenters. The molecule has 2 heterocycles. The summed E-state index contributed by atoms with van der Waals surface area (Å²) >= 11 is 0. The number of imidazole rings is 1. The van der Waals surface area contributed by atoms with Crippen LogP contribution in [-0.2, 0) is 0 Å². The molecule has 0 saturated carbocycles. The van der Waals surface area contributed by atoms with Crippen LogP contribution >= 0.6 is 0 Å². The lowest BCUT2D eigenvalue weighted by atomic mass is 10.3. The number of para-hydroxylation sites is 2. The van der Waals surface area contributed by atoms with Gasteiger partial charge in [-0.15, -0.1) is 0 Å². The van der Waals surface area contributed by atoms with E-state index in [0.717, 1.165) is 11.0 Å². The van der Waals surface area contributed by atoms with Crippen molar-refractivity contribution in [3.63, 3.8) is 0 Å². The fourth-order valence-corrected chi connectivity index (χ4v) is 1.60. The first-order valence-electron chi connectivity index (χ1n) is 5.35. The van der Waals surface area contributed by atoms with Gasteiger partial charge in [-0.3, -0.25) is 15.1 Å². The molecule has 0 aliphatic rings. The van der Waals surface area contributed by atoms with Crippen LogP contribution in [0.15, 0.2) is 42.9 Å². The van der Waals surface area contributed by atoms with E-state index in [1.54, 1.807) is 0 Å². The first-order valence-corrected chi connectivity index (χ1v) is 5.35. The molecule has 0 bridgehead atoms. The summed E-state index contributed by atoms with van der Waals surface area (Å²) in [6.45, 7) is 0. The lowest BCUT2D eigenvalue weighted by Gasteiger charge is -1.99. The molecule has 0 unspecified atom stereocenters. The number of hydrogen-bond acceptors (Lipinski definition) is 4. The maximum absolute atomic E-state index is 11.8. The van der Waals surface area contributed by atoms with Crippen LogP contribution in [0, 0.1) is 0 Å². The van der Waals surface area contributed by atoms with E-state index in [4.69, 9.17) is 0 Å². The number of amides is 1. The predicted molar refractivity (Wildman–Crippen MR) is 66.1 cm³/mol. The molecule has 1 aromatic carbocycles. The minimum atomic E-state index is -0.345. The highest BCUT2D eigenvalue weighted by Gasteiger charge is 2.09. The van der Waals surface area contributed by atoms with Crippen molar-refractivity contribution >= 4 is 22.9 Å². The molecular weight excluding hydrogens is 230 g/mol. The average Bonchev–Trinajstić information content (AvgIpc) is 2.82. The largest absolute Gasteiger partial charge is 0.324 e. The highest BCUT2D eigenvalue weighted by atomic mass is 16.2. The number of rotatable bonds is 2. The van der Waals surface area contributed by atoms with Crippen LogP contribution in [0.1, 0.15) is 10.5 Å². The standard InChI is InChI=1S/C12H9N5O/c18-11(10-7-13-5-6-14-10)17-12-15-8-3-1-2-4-9(8)16-12/h1-7H,(H2,15,16,17,18). The molecule has 2 N–H and O–H groups in total. The zero-order valence-electron chi connectivity index (χ0n) is 9.29. The Bertz CT molecular complexity index is 659. The van der Waals surface area contributed by atoms with Gasteiger partial charge < -0.3 is 4.98 Å². The highest BCUT2D eigenvalue weighted by molar-refractivity contribution is 6.02. The Morgan fingerprint density at radius 3 is 2.89 bits per heavy atom. The number of benzene rings is 1. The molecule has 0 spiro atoms. The number of carbonyl (C=O) groups is 1. The van der Waals surface area contributed by atoms with Gasteiger partial charge in [-0.25, -0.2) is 9.97 Å². The van der Waals surface area contributed by atoms with Gasteiger partial charge in [0, 0.05) is 12.4 Å². The SMILES string of the molecule is O=C(Nc1nc2ccccc2[nH]1)c1cnccn1. The summed E-state index contributed by atoms with van der Waals surface area (Å²) in [4.78, 5) is 26.8. The van der Waals surface area contributed by atoms with Crippen molar-refractivity contribution in [2.75, 3.05) is 5.32 Å². The average molecular weight is 239 g/mol. The Kier molecular flexibility index (Phi) is 2.45. The van der Waals surface area contributed by atoms with Crippen LogP contribution < -0.4 is 5.32 Å². The molecule has 0 radical (unpaired) electrons. The number of aromatic amines is 1. The van der Waals surface area contributed by atoms with Gasteiger partial charge in [0.1, 0.15) is 5.69 Å². The van der Waals surface area contributed by atoms with Crippen molar-refractivity contribution in [1.29, 1.82) is 0 Å². The summed E-state index contributed by atoms with van der Waals surface area (Å²) in [7, 11) is 0. The molecule has 3 aromatic rings. The number of carbonyl (C=O) groups excluding carboxylic acids is 1. The van der Waals surface area contributed by atoms with Crippen molar-refractivity contribution in [3.05, 3.63) is 48.5 Å². The molecular formula is C12H9N5O. The number of H-pyrrole nitrogens is 1. The second kappa shape index (κ2) is 4.25. The van der Waals surface area contributed by atoms with Crippen molar-refractivity contribution < 1.29 is 4.79 Å². The smallest absolute Gasteiger partial charge is 0.278 e. The Balaban J connectivity index is 1.86. The van der Waals surface area contributed by atoms with E-state index in [1.165, 1.54) is 18.6 Å². The molecule has 1 amide bonds. The number of hydrogen-bond donors (Lipinski definition) is 2. The number of nitrogens with one attached hydrogen (secondary N) is 2. The zero-order valence-corrected chi connectivity index (χ0v) is 9.29. The number of aromatic nitrogens is 4. The van der Waals surface area contributed by atoms with Gasteiger partial charge in [-0.1, -0.05) is 12.1 Å². The van der Waals surface area contributed by atoms with E-state index in [9.17, 15) is 4.79 Å². The number of fused-ring (bicyclic) bond motifs is 1. The topological polar surface area (TPSA) is 83.6 Å². The van der Waals surface area contributed by atoms with Crippen LogP contribution in [0.3, 0.4) is 0 Å². The normalized spacial score (nSPS) is 10.4. The van der Waals surface area contributed by atoms with Crippen molar-refractivity contribution in [2.24, 2.45) is 0 Å². The van der Waals surface area contributed by atoms with Crippen LogP contribution in [-0.4, -0.2) is 25.8 Å². The third-order valence-corrected chi connectivity index (χ3v) is 2.42. The van der Waals surface area contributed by atoms with Crippen molar-refractivity contribution in [3.8, 4) is 0 Å². The summed E-state index contributed by atoms with van der Waals surface area (Å²) in [6.07, 6.45) is 4.38. The van der Waals surface area contributed by atoms with Gasteiger partial charge in [0.25, 0.3) is 5.91 Å². The van der Waals surface area contributed by atoms with Crippen LogP contribution in [0.25, 0.3) is 11.0 Å². The van der Waals surface area contributed by atoms with Crippen LogP contribution in [0.4, 0.5) is 5.95 Å². The van der Waals surface area contributed by atoms with Crippen molar-refractivity contribution in [2.45, 2.75) is 0 Å². The molecule has 6 nitrogen and oxygen atoms in total. The highest BCUT2D eigenvalue weighted by Crippen LogP contribution is 2.13. The third kappa shape index (κ3) is 1.91. The lowest BCUT2D eigenvalue weighted by molar-refractivity contribution is 0.102. The van der Waals surface area contributed by atoms with Crippen LogP contribution in [0.5, 0.6) is 0 Å². The minimum absolute atomic E-state index is 0.248. The zero-order chi connectivity index (χ0) is 12.4. The summed E-state index contributed by atoms with van der Waals surface area (Å²) in [5.41, 5.74) is 1.91. The van der Waals surface area contributed by atoms with Gasteiger partial charge in [-0.05, 0) is 12.1 Å². The Hall–Kier alpha value is -2.76. The molecule has 0 fully saturated rings. The summed E-state index contributed by atoms with van der Waals surface area (Å²) < 4.78 is 0. The van der Waals surface area contributed by atoms with Gasteiger partial charge in [-0.2, -0.15) is 0 Å². The molecule has 0 saturated heterocycles. The fraction of sp³-hybridized carbons (Fsp3) is 0. The Morgan fingerprint density at radius 2 is 2.11 bits per heavy atom. The van der Waals surface area contributed by atoms with E-state index < -0.39 is 0 Å². The molecule has 0 aliphatic heterocycles. The fourth-order valence-electron chi connectivity index (χ4n) is 1.60. The van der Waals surface area contributed by atoms with E-state index in [1.807, 2.05) is 24.3 Å². The Labute approximate surface area is 102 Å². The summed E-state index contributed by atoms with van der Waals surface area (Å²) in [6, 6.07) is 7.54. The van der Waals surface area contributed by atoms with E-state index in [0.29, 0.717) is 5.95 Å². The summed E-state index contributed by atoms with van der Waals surface area (Å²) in [5.74, 6) is 0.0500. The van der Waals surface area contributed by atoms with E-state index in [2.05, 4.69) is 25.3 Å². The first-order chi connectivity index (χ1) is 8.83. The maximum Gasteiger partial charge on any atom is 0.278 e. The predicted octanol–water partition coefficient (Wildman–Crippen LogP) is 1.61. The molecule has 18 heavy (non-hydrogen) atoms. The number of nitrogens with zero attached hydrogens (tertiary/aromatic N) is 3. The lowest BCUT2D eigenvalue weighted by Crippen LogP contribution is -2.14. The molecule has 88 valence electrons. The van der Waals surface area contributed by atoms with Gasteiger partial charge in [0.05, 0.1) is 17.2 Å². The van der Waals surface area contributed by atoms with E-state index >= 15 is 0 Å². The maximum atomic E-state index is 11.8. The molecule has 2 aromatic heterocycles. The second-order valence-corrected chi connectivity index (χ2v) is 3.65. The molecule has 0 aliphatic carbocycles. The van der Waals surface area contributed by atoms with E-state index in [-0.39, 0.29) is 11.6 Å². The van der Waals surface area contributed by atoms with Gasteiger partial charge in [0.15, 0.2) is 0 Å². The third-order valence-electron chi connectivity index (χ3n) is 2.42. The monoisotopic (exact) mass is 239 g/mol.